The fourth-order valence-electron chi connectivity index (χ4n) is 5.45. The Morgan fingerprint density at radius 1 is 1.05 bits per heavy atom. The molecule has 1 saturated heterocycles. The van der Waals surface area contributed by atoms with Crippen LogP contribution in [0, 0.1) is 0 Å². The first kappa shape index (κ1) is 26.6. The van der Waals surface area contributed by atoms with Crippen LogP contribution in [0.4, 0.5) is 18.9 Å². The molecule has 2 heterocycles. The van der Waals surface area contributed by atoms with Crippen LogP contribution in [0.5, 0.6) is 11.5 Å². The normalized spacial score (nSPS) is 16.8. The number of ether oxygens (including phenoxy) is 2. The molecule has 1 aliphatic heterocycles. The summed E-state index contributed by atoms with van der Waals surface area (Å²) in [4.78, 5) is 27.0. The SMILES string of the molecule is COc1cc(OC)cc(-c2nn(-c3cc(N4CC[C@H](NC(C)=O)C4)ccc3C(F)(F)F)c(=O)c3c2CCC3)c1. The van der Waals surface area contributed by atoms with E-state index < -0.39 is 17.3 Å². The number of halogens is 3. The third-order valence-corrected chi connectivity index (χ3v) is 7.25. The molecule has 0 unspecified atom stereocenters. The quantitative estimate of drug-likeness (QED) is 0.504. The highest BCUT2D eigenvalue weighted by atomic mass is 19.4. The fraction of sp³-hybridized carbons (Fsp3) is 0.393. The zero-order valence-corrected chi connectivity index (χ0v) is 21.9. The molecule has 1 N–H and O–H groups in total. The molecule has 8 nitrogen and oxygen atoms in total. The smallest absolute Gasteiger partial charge is 0.418 e. The lowest BCUT2D eigenvalue weighted by Crippen LogP contribution is -2.35. The van der Waals surface area contributed by atoms with E-state index in [0.29, 0.717) is 72.8 Å². The van der Waals surface area contributed by atoms with Gasteiger partial charge in [0.15, 0.2) is 0 Å². The summed E-state index contributed by atoms with van der Waals surface area (Å²) in [7, 11) is 3.01. The average Bonchev–Trinajstić information content (AvgIpc) is 3.58. The Labute approximate surface area is 223 Å². The Balaban J connectivity index is 1.68. The summed E-state index contributed by atoms with van der Waals surface area (Å²) in [6.45, 7) is 2.43. The summed E-state index contributed by atoms with van der Waals surface area (Å²) in [5, 5.41) is 7.41. The summed E-state index contributed by atoms with van der Waals surface area (Å²) < 4.78 is 54.4. The minimum absolute atomic E-state index is 0.108. The minimum Gasteiger partial charge on any atom is -0.497 e. The Bertz CT molecular complexity index is 1460. The van der Waals surface area contributed by atoms with Crippen LogP contribution in [-0.4, -0.2) is 49.0 Å². The monoisotopic (exact) mass is 542 g/mol. The fourth-order valence-corrected chi connectivity index (χ4v) is 5.45. The molecule has 5 rings (SSSR count). The second kappa shape index (κ2) is 10.3. The molecule has 1 aliphatic carbocycles. The van der Waals surface area contributed by atoms with E-state index in [2.05, 4.69) is 10.4 Å². The number of fused-ring (bicyclic) bond motifs is 1. The van der Waals surface area contributed by atoms with Crippen LogP contribution in [0.15, 0.2) is 41.2 Å². The van der Waals surface area contributed by atoms with Gasteiger partial charge in [0.25, 0.3) is 5.56 Å². The van der Waals surface area contributed by atoms with Crippen LogP contribution < -0.4 is 25.2 Å². The number of nitrogens with one attached hydrogen (secondary N) is 1. The number of benzene rings is 2. The van der Waals surface area contributed by atoms with Gasteiger partial charge in [-0.2, -0.15) is 23.0 Å². The number of hydrogen-bond acceptors (Lipinski definition) is 6. The van der Waals surface area contributed by atoms with Crippen LogP contribution in [-0.2, 0) is 23.8 Å². The average molecular weight is 543 g/mol. The van der Waals surface area contributed by atoms with Gasteiger partial charge in [0.1, 0.15) is 11.5 Å². The van der Waals surface area contributed by atoms with E-state index in [1.807, 2.05) is 4.90 Å². The van der Waals surface area contributed by atoms with Crippen LogP contribution in [0.25, 0.3) is 16.9 Å². The van der Waals surface area contributed by atoms with Crippen molar-refractivity contribution in [3.8, 4) is 28.4 Å². The van der Waals surface area contributed by atoms with E-state index >= 15 is 0 Å². The maximum atomic E-state index is 14.2. The first-order chi connectivity index (χ1) is 18.6. The van der Waals surface area contributed by atoms with Gasteiger partial charge in [0.05, 0.1) is 31.2 Å². The van der Waals surface area contributed by atoms with Crippen molar-refractivity contribution in [3.63, 3.8) is 0 Å². The van der Waals surface area contributed by atoms with Crippen LogP contribution in [0.2, 0.25) is 0 Å². The molecule has 11 heteroatoms. The summed E-state index contributed by atoms with van der Waals surface area (Å²) >= 11 is 0. The van der Waals surface area contributed by atoms with Crippen LogP contribution in [0.3, 0.4) is 0 Å². The third-order valence-electron chi connectivity index (χ3n) is 7.25. The molecule has 3 aromatic rings. The highest BCUT2D eigenvalue weighted by molar-refractivity contribution is 5.73. The number of carbonyl (C=O) groups is 1. The highest BCUT2D eigenvalue weighted by Gasteiger charge is 2.36. The molecule has 2 aliphatic rings. The van der Waals surface area contributed by atoms with E-state index in [4.69, 9.17) is 9.47 Å². The Hall–Kier alpha value is -4.02. The van der Waals surface area contributed by atoms with Gasteiger partial charge >= 0.3 is 6.18 Å². The number of carbonyl (C=O) groups excluding carboxylic acids is 1. The third kappa shape index (κ3) is 5.17. The molecule has 39 heavy (non-hydrogen) atoms. The van der Waals surface area contributed by atoms with E-state index in [0.717, 1.165) is 16.3 Å². The first-order valence-electron chi connectivity index (χ1n) is 12.7. The van der Waals surface area contributed by atoms with Gasteiger partial charge in [0, 0.05) is 48.9 Å². The van der Waals surface area contributed by atoms with Crippen molar-refractivity contribution < 1.29 is 27.4 Å². The Morgan fingerprint density at radius 3 is 2.38 bits per heavy atom. The highest BCUT2D eigenvalue weighted by Crippen LogP contribution is 2.38. The van der Waals surface area contributed by atoms with Gasteiger partial charge in [-0.25, -0.2) is 0 Å². The van der Waals surface area contributed by atoms with Crippen molar-refractivity contribution in [1.82, 2.24) is 15.1 Å². The number of alkyl halides is 3. The second-order valence-corrected chi connectivity index (χ2v) is 9.81. The molecule has 1 amide bonds. The number of methoxy groups -OCH3 is 2. The lowest BCUT2D eigenvalue weighted by Gasteiger charge is -2.22. The van der Waals surface area contributed by atoms with Gasteiger partial charge in [0.2, 0.25) is 5.91 Å². The molecular formula is C28H29F3N4O4. The molecule has 1 aromatic heterocycles. The second-order valence-electron chi connectivity index (χ2n) is 9.81. The topological polar surface area (TPSA) is 85.7 Å². The van der Waals surface area contributed by atoms with Crippen molar-refractivity contribution in [2.45, 2.75) is 44.8 Å². The Kier molecular flexibility index (Phi) is 7.00. The lowest BCUT2D eigenvalue weighted by atomic mass is 10.0. The van der Waals surface area contributed by atoms with E-state index in [9.17, 15) is 22.8 Å². The maximum absolute atomic E-state index is 14.2. The molecule has 206 valence electrons. The lowest BCUT2D eigenvalue weighted by molar-refractivity contribution is -0.137. The number of rotatable bonds is 6. The van der Waals surface area contributed by atoms with E-state index in [1.165, 1.54) is 33.3 Å². The molecule has 0 saturated carbocycles. The number of hydrogen-bond donors (Lipinski definition) is 1. The molecule has 0 bridgehead atoms. The number of aromatic nitrogens is 2. The largest absolute Gasteiger partial charge is 0.497 e. The zero-order chi connectivity index (χ0) is 27.9. The van der Waals surface area contributed by atoms with E-state index in [-0.39, 0.29) is 17.6 Å². The van der Waals surface area contributed by atoms with Crippen molar-refractivity contribution in [1.29, 1.82) is 0 Å². The molecule has 1 fully saturated rings. The van der Waals surface area contributed by atoms with Gasteiger partial charge in [-0.3, -0.25) is 9.59 Å². The summed E-state index contributed by atoms with van der Waals surface area (Å²) in [6, 6.07) is 8.79. The molecular weight excluding hydrogens is 513 g/mol. The van der Waals surface area contributed by atoms with Crippen molar-refractivity contribution >= 4 is 11.6 Å². The van der Waals surface area contributed by atoms with E-state index in [1.54, 1.807) is 18.2 Å². The predicted molar refractivity (Wildman–Crippen MR) is 140 cm³/mol. The first-order valence-corrected chi connectivity index (χ1v) is 12.7. The summed E-state index contributed by atoms with van der Waals surface area (Å²) in [6.07, 6.45) is -2.30. The summed E-state index contributed by atoms with van der Waals surface area (Å²) in [5.41, 5.74) is 0.877. The van der Waals surface area contributed by atoms with Crippen LogP contribution in [0.1, 0.15) is 36.5 Å². The maximum Gasteiger partial charge on any atom is 0.418 e. The zero-order valence-electron chi connectivity index (χ0n) is 21.9. The molecule has 1 atom stereocenters. The molecule has 0 radical (unpaired) electrons. The summed E-state index contributed by atoms with van der Waals surface area (Å²) in [5.74, 6) is 0.832. The number of anilines is 1. The van der Waals surface area contributed by atoms with Crippen molar-refractivity contribution in [2.24, 2.45) is 0 Å². The van der Waals surface area contributed by atoms with Gasteiger partial charge in [-0.05, 0) is 61.6 Å². The van der Waals surface area contributed by atoms with Crippen molar-refractivity contribution in [2.75, 3.05) is 32.2 Å². The van der Waals surface area contributed by atoms with Gasteiger partial charge < -0.3 is 19.7 Å². The standard InChI is InChI=1S/C28H29F3N4O4/c1-16(36)32-18-9-10-34(15-18)19-7-8-24(28(29,30)31)25(13-19)35-27(37)23-6-4-5-22(23)26(33-35)17-11-20(38-2)14-21(12-17)39-3/h7-8,11-14,18H,4-6,9-10,15H2,1-3H3,(H,32,36)/t18-/m0/s1. The minimum atomic E-state index is -4.71. The van der Waals surface area contributed by atoms with Crippen molar-refractivity contribution in [3.05, 3.63) is 63.4 Å². The predicted octanol–water partition coefficient (Wildman–Crippen LogP) is 4.14. The van der Waals surface area contributed by atoms with Gasteiger partial charge in [-0.1, -0.05) is 0 Å². The molecule has 0 spiro atoms. The number of nitrogens with zero attached hydrogens (tertiary/aromatic N) is 3. The van der Waals surface area contributed by atoms with Gasteiger partial charge in [-0.15, -0.1) is 0 Å². The molecule has 2 aromatic carbocycles. The number of amides is 1. The van der Waals surface area contributed by atoms with Crippen LogP contribution >= 0.6 is 0 Å². The Morgan fingerprint density at radius 2 is 1.74 bits per heavy atom.